The van der Waals surface area contributed by atoms with Gasteiger partial charge >= 0.3 is 29.6 Å². The summed E-state index contributed by atoms with van der Waals surface area (Å²) in [6.07, 6.45) is 0. The van der Waals surface area contributed by atoms with Crippen LogP contribution in [-0.2, 0) is 0 Å². The second kappa shape index (κ2) is 5.59. The first-order chi connectivity index (χ1) is 6.27. The molecule has 0 saturated heterocycles. The van der Waals surface area contributed by atoms with E-state index >= 15 is 0 Å². The van der Waals surface area contributed by atoms with Crippen molar-refractivity contribution in [2.45, 2.75) is 4.90 Å². The molecule has 0 amide bonds. The molecule has 0 N–H and O–H groups in total. The molecule has 4 heteroatoms. The van der Waals surface area contributed by atoms with Crippen molar-refractivity contribution in [3.63, 3.8) is 0 Å². The second-order valence-electron chi connectivity index (χ2n) is 2.65. The van der Waals surface area contributed by atoms with E-state index in [1.165, 1.54) is 0 Å². The first-order valence-corrected chi connectivity index (χ1v) is 5.50. The summed E-state index contributed by atoms with van der Waals surface area (Å²) in [5.41, 5.74) is 1.14. The molecule has 0 nitrogen and oxygen atoms in total. The van der Waals surface area contributed by atoms with Crippen molar-refractivity contribution in [3.05, 3.63) is 40.7 Å². The van der Waals surface area contributed by atoms with E-state index in [0.29, 0.717) is 0 Å². The van der Waals surface area contributed by atoms with Crippen LogP contribution < -0.4 is 29.6 Å². The van der Waals surface area contributed by atoms with Crippen molar-refractivity contribution in [2.24, 2.45) is 0 Å². The van der Waals surface area contributed by atoms with E-state index in [1.54, 1.807) is 11.3 Å². The van der Waals surface area contributed by atoms with Crippen LogP contribution in [0.1, 0.15) is 1.43 Å². The third-order valence-corrected chi connectivity index (χ3v) is 3.44. The molecule has 0 aliphatic rings. The van der Waals surface area contributed by atoms with Crippen molar-refractivity contribution >= 4 is 35.6 Å². The molecule has 0 unspecified atom stereocenters. The maximum Gasteiger partial charge on any atom is 1.00 e. The number of hydrogen-bond acceptors (Lipinski definition) is 2. The van der Waals surface area contributed by atoms with Crippen molar-refractivity contribution in [1.82, 2.24) is 0 Å². The Morgan fingerprint density at radius 1 is 1.29 bits per heavy atom. The van der Waals surface area contributed by atoms with Crippen LogP contribution in [0.15, 0.2) is 40.6 Å². The van der Waals surface area contributed by atoms with Crippen molar-refractivity contribution < 1.29 is 31.0 Å². The summed E-state index contributed by atoms with van der Waals surface area (Å²) < 4.78 is 0. The minimum atomic E-state index is 0. The maximum absolute atomic E-state index is 5.85. The first-order valence-electron chi connectivity index (χ1n) is 3.80. The summed E-state index contributed by atoms with van der Waals surface area (Å²) in [5, 5.41) is 2.72. The van der Waals surface area contributed by atoms with Crippen LogP contribution in [0.3, 0.4) is 0 Å². The normalized spacial score (nSPS) is 9.57. The predicted octanol–water partition coefficient (Wildman–Crippen LogP) is 1.47. The molecule has 2 aromatic rings. The zero-order chi connectivity index (χ0) is 9.26. The van der Waals surface area contributed by atoms with E-state index in [2.05, 4.69) is 12.6 Å². The van der Waals surface area contributed by atoms with Gasteiger partial charge in [-0.2, -0.15) is 0 Å². The van der Waals surface area contributed by atoms with E-state index in [1.807, 2.05) is 35.7 Å². The molecule has 0 saturated carbocycles. The Morgan fingerprint density at radius 3 is 2.57 bits per heavy atom. The average molecular weight is 251 g/mol. The zero-order valence-corrected chi connectivity index (χ0v) is 12.2. The number of rotatable bonds is 1. The van der Waals surface area contributed by atoms with E-state index in [0.717, 1.165) is 20.4 Å². The molecule has 2 rings (SSSR count). The fourth-order valence-electron chi connectivity index (χ4n) is 1.14. The molecule has 1 aromatic heterocycles. The van der Waals surface area contributed by atoms with Gasteiger partial charge in [-0.3, -0.25) is 0 Å². The fraction of sp³-hybridized carbons (Fsp3) is 0. The van der Waals surface area contributed by atoms with Gasteiger partial charge in [0, 0.05) is 20.7 Å². The number of thiophene rings is 1. The van der Waals surface area contributed by atoms with Gasteiger partial charge in [-0.25, -0.2) is 0 Å². The molecule has 0 atom stereocenters. The standard InChI is InChI=1S/C10H7ClS2.Na.H/c11-7-5-10(13-6-7)8-3-1-2-4-9(8)12;;/h1-6,12H;;/q;+1;-1. The molecule has 0 aliphatic heterocycles. The van der Waals surface area contributed by atoms with Gasteiger partial charge in [0.05, 0.1) is 5.02 Å². The summed E-state index contributed by atoms with van der Waals surface area (Å²) >= 11 is 11.9. The Bertz CT molecular complexity index is 431. The molecular weight excluding hydrogens is 243 g/mol. The van der Waals surface area contributed by atoms with Crippen molar-refractivity contribution in [2.75, 3.05) is 0 Å². The molecular formula is C10H8ClNaS2. The summed E-state index contributed by atoms with van der Waals surface area (Å²) in [7, 11) is 0. The molecule has 0 spiro atoms. The number of thiol groups is 1. The van der Waals surface area contributed by atoms with Crippen molar-refractivity contribution in [1.29, 1.82) is 0 Å². The minimum Gasteiger partial charge on any atom is -1.00 e. The molecule has 0 bridgehead atoms. The Balaban J connectivity index is 0.000000980. The van der Waals surface area contributed by atoms with Gasteiger partial charge in [-0.15, -0.1) is 24.0 Å². The monoisotopic (exact) mass is 250 g/mol. The fourth-order valence-corrected chi connectivity index (χ4v) is 2.61. The number of halogens is 1. The Labute approximate surface area is 121 Å². The second-order valence-corrected chi connectivity index (χ2v) is 4.48. The largest absolute Gasteiger partial charge is 1.00 e. The molecule has 0 fully saturated rings. The van der Waals surface area contributed by atoms with Crippen LogP contribution in [0.4, 0.5) is 0 Å². The molecule has 1 heterocycles. The number of hydrogen-bond donors (Lipinski definition) is 1. The molecule has 14 heavy (non-hydrogen) atoms. The van der Waals surface area contributed by atoms with Gasteiger partial charge < -0.3 is 1.43 Å². The van der Waals surface area contributed by atoms with Crippen LogP contribution >= 0.6 is 35.6 Å². The van der Waals surface area contributed by atoms with Crippen LogP contribution in [0, 0.1) is 0 Å². The van der Waals surface area contributed by atoms with Gasteiger partial charge in [-0.05, 0) is 12.1 Å². The third-order valence-electron chi connectivity index (χ3n) is 1.74. The summed E-state index contributed by atoms with van der Waals surface area (Å²) in [5.74, 6) is 0. The summed E-state index contributed by atoms with van der Waals surface area (Å²) in [6.45, 7) is 0. The van der Waals surface area contributed by atoms with E-state index in [4.69, 9.17) is 11.6 Å². The van der Waals surface area contributed by atoms with Crippen LogP contribution in [-0.4, -0.2) is 0 Å². The van der Waals surface area contributed by atoms with Crippen LogP contribution in [0.2, 0.25) is 5.02 Å². The van der Waals surface area contributed by atoms with E-state index in [9.17, 15) is 0 Å². The number of benzene rings is 1. The predicted molar refractivity (Wildman–Crippen MR) is 63.1 cm³/mol. The molecule has 0 radical (unpaired) electrons. The Kier molecular flexibility index (Phi) is 5.04. The Hall–Kier alpha value is 0.560. The summed E-state index contributed by atoms with van der Waals surface area (Å²) in [6, 6.07) is 9.96. The van der Waals surface area contributed by atoms with Gasteiger partial charge in [0.15, 0.2) is 0 Å². The van der Waals surface area contributed by atoms with Gasteiger partial charge in [-0.1, -0.05) is 29.8 Å². The molecule has 0 aliphatic carbocycles. The summed E-state index contributed by atoms with van der Waals surface area (Å²) in [4.78, 5) is 2.15. The Morgan fingerprint density at radius 2 is 2.00 bits per heavy atom. The molecule has 68 valence electrons. The van der Waals surface area contributed by atoms with Gasteiger partial charge in [0.25, 0.3) is 0 Å². The van der Waals surface area contributed by atoms with Gasteiger partial charge in [0.1, 0.15) is 0 Å². The topological polar surface area (TPSA) is 0 Å². The maximum atomic E-state index is 5.85. The van der Waals surface area contributed by atoms with Crippen LogP contribution in [0.25, 0.3) is 10.4 Å². The quantitative estimate of drug-likeness (QED) is 0.575. The first kappa shape index (κ1) is 12.6. The zero-order valence-electron chi connectivity index (χ0n) is 8.70. The van der Waals surface area contributed by atoms with E-state index < -0.39 is 0 Å². The van der Waals surface area contributed by atoms with Crippen LogP contribution in [0.5, 0.6) is 0 Å². The average Bonchev–Trinajstić information content (AvgIpc) is 2.53. The smallest absolute Gasteiger partial charge is 1.00 e. The third kappa shape index (κ3) is 2.78. The van der Waals surface area contributed by atoms with Crippen molar-refractivity contribution in [3.8, 4) is 10.4 Å². The SMILES string of the molecule is Sc1ccccc1-c1cc(Cl)cs1.[H-].[Na+]. The minimum absolute atomic E-state index is 0. The van der Waals surface area contributed by atoms with E-state index in [-0.39, 0.29) is 31.0 Å². The van der Waals surface area contributed by atoms with Gasteiger partial charge in [0.2, 0.25) is 0 Å². The molecule has 1 aromatic carbocycles.